The molecule has 0 bridgehead atoms. The second kappa shape index (κ2) is 7.64. The van der Waals surface area contributed by atoms with Gasteiger partial charge < -0.3 is 15.2 Å². The van der Waals surface area contributed by atoms with E-state index in [4.69, 9.17) is 15.3 Å². The maximum absolute atomic E-state index is 9.89. The van der Waals surface area contributed by atoms with Gasteiger partial charge in [-0.15, -0.1) is 0 Å². The van der Waals surface area contributed by atoms with Crippen molar-refractivity contribution in [3.05, 3.63) is 29.3 Å². The third kappa shape index (κ3) is 4.46. The number of hydrogen-bond donors (Lipinski definition) is 2. The van der Waals surface area contributed by atoms with Crippen LogP contribution < -0.4 is 5.32 Å². The smallest absolute Gasteiger partial charge is 0.101 e. The number of nitriles is 2. The van der Waals surface area contributed by atoms with Gasteiger partial charge in [-0.05, 0) is 31.0 Å². The number of aliphatic hydroxyl groups excluding tert-OH is 1. The molecule has 1 aliphatic carbocycles. The fourth-order valence-corrected chi connectivity index (χ4v) is 2.44. The Morgan fingerprint density at radius 2 is 1.95 bits per heavy atom. The predicted molar refractivity (Wildman–Crippen MR) is 78.6 cm³/mol. The second-order valence-electron chi connectivity index (χ2n) is 5.26. The van der Waals surface area contributed by atoms with E-state index in [-0.39, 0.29) is 0 Å². The molecular weight excluding hydrogens is 266 g/mol. The van der Waals surface area contributed by atoms with Gasteiger partial charge in [-0.3, -0.25) is 0 Å². The van der Waals surface area contributed by atoms with Gasteiger partial charge in [0.1, 0.15) is 12.1 Å². The summed E-state index contributed by atoms with van der Waals surface area (Å²) < 4.78 is 5.65. The van der Waals surface area contributed by atoms with Gasteiger partial charge in [0.15, 0.2) is 0 Å². The van der Waals surface area contributed by atoms with Crippen molar-refractivity contribution in [3.8, 4) is 12.1 Å². The first kappa shape index (κ1) is 15.3. The lowest BCUT2D eigenvalue weighted by molar-refractivity contribution is -0.00117. The van der Waals surface area contributed by atoms with Gasteiger partial charge in [0.2, 0.25) is 0 Å². The normalized spacial score (nSPS) is 16.1. The van der Waals surface area contributed by atoms with E-state index in [0.717, 1.165) is 12.8 Å². The van der Waals surface area contributed by atoms with Crippen molar-refractivity contribution in [1.82, 2.24) is 0 Å². The van der Waals surface area contributed by atoms with Gasteiger partial charge in [0.05, 0.1) is 29.9 Å². The summed E-state index contributed by atoms with van der Waals surface area (Å²) in [6.07, 6.45) is 4.29. The first-order chi connectivity index (χ1) is 10.2. The number of nitrogens with zero attached hydrogens (tertiary/aromatic N) is 2. The lowest BCUT2D eigenvalue weighted by Crippen LogP contribution is -2.27. The zero-order chi connectivity index (χ0) is 15.1. The monoisotopic (exact) mass is 285 g/mol. The Morgan fingerprint density at radius 3 is 2.62 bits per heavy atom. The van der Waals surface area contributed by atoms with Crippen molar-refractivity contribution in [1.29, 1.82) is 10.5 Å². The first-order valence-electron chi connectivity index (χ1n) is 7.20. The number of ether oxygens (including phenoxy) is 1. The maximum Gasteiger partial charge on any atom is 0.101 e. The molecule has 1 atom stereocenters. The summed E-state index contributed by atoms with van der Waals surface area (Å²) in [4.78, 5) is 0. The highest BCUT2D eigenvalue weighted by molar-refractivity contribution is 5.56. The Bertz CT molecular complexity index is 554. The zero-order valence-corrected chi connectivity index (χ0v) is 11.9. The van der Waals surface area contributed by atoms with E-state index >= 15 is 0 Å². The molecule has 0 aliphatic heterocycles. The number of anilines is 1. The van der Waals surface area contributed by atoms with Crippen LogP contribution in [0.2, 0.25) is 0 Å². The fraction of sp³-hybridized carbons (Fsp3) is 0.500. The van der Waals surface area contributed by atoms with Crippen LogP contribution in [0.3, 0.4) is 0 Å². The number of hydrogen-bond acceptors (Lipinski definition) is 5. The lowest BCUT2D eigenvalue weighted by Gasteiger charge is -2.16. The summed E-state index contributed by atoms with van der Waals surface area (Å²) in [5, 5.41) is 30.8. The van der Waals surface area contributed by atoms with Gasteiger partial charge in [0, 0.05) is 12.2 Å². The van der Waals surface area contributed by atoms with Crippen molar-refractivity contribution >= 4 is 5.69 Å². The summed E-state index contributed by atoms with van der Waals surface area (Å²) in [5.74, 6) is 0. The molecule has 0 amide bonds. The molecule has 1 unspecified atom stereocenters. The topological polar surface area (TPSA) is 89.1 Å². The molecule has 21 heavy (non-hydrogen) atoms. The summed E-state index contributed by atoms with van der Waals surface area (Å²) in [7, 11) is 0. The van der Waals surface area contributed by atoms with Crippen molar-refractivity contribution in [3.63, 3.8) is 0 Å². The quantitative estimate of drug-likeness (QED) is 0.836. The summed E-state index contributed by atoms with van der Waals surface area (Å²) in [5.41, 5.74) is 1.40. The highest BCUT2D eigenvalue weighted by Crippen LogP contribution is 2.21. The number of aliphatic hydroxyl groups is 1. The third-order valence-electron chi connectivity index (χ3n) is 3.63. The molecule has 0 saturated heterocycles. The second-order valence-corrected chi connectivity index (χ2v) is 5.26. The van der Waals surface area contributed by atoms with Crippen molar-refractivity contribution in [2.75, 3.05) is 18.5 Å². The summed E-state index contributed by atoms with van der Waals surface area (Å²) in [6, 6.07) is 8.90. The Kier molecular flexibility index (Phi) is 5.57. The van der Waals surface area contributed by atoms with E-state index in [9.17, 15) is 5.11 Å². The van der Waals surface area contributed by atoms with E-state index in [1.54, 1.807) is 18.2 Å². The Labute approximate surface area is 124 Å². The van der Waals surface area contributed by atoms with E-state index < -0.39 is 6.10 Å². The fourth-order valence-electron chi connectivity index (χ4n) is 2.44. The molecule has 0 spiro atoms. The minimum absolute atomic E-state index is 0.291. The molecule has 5 nitrogen and oxygen atoms in total. The number of rotatable bonds is 6. The molecule has 0 aromatic heterocycles. The molecule has 1 saturated carbocycles. The lowest BCUT2D eigenvalue weighted by atomic mass is 10.1. The first-order valence-corrected chi connectivity index (χ1v) is 7.20. The average molecular weight is 285 g/mol. The molecule has 2 N–H and O–H groups in total. The van der Waals surface area contributed by atoms with Crippen LogP contribution in [0, 0.1) is 22.7 Å². The van der Waals surface area contributed by atoms with Crippen molar-refractivity contribution in [2.24, 2.45) is 0 Å². The molecule has 110 valence electrons. The molecule has 1 aromatic carbocycles. The molecule has 1 aliphatic rings. The molecule has 1 fully saturated rings. The van der Waals surface area contributed by atoms with Gasteiger partial charge in [0.25, 0.3) is 0 Å². The Morgan fingerprint density at radius 1 is 1.24 bits per heavy atom. The maximum atomic E-state index is 9.89. The highest BCUT2D eigenvalue weighted by Gasteiger charge is 2.16. The van der Waals surface area contributed by atoms with E-state index in [1.807, 2.05) is 12.1 Å². The van der Waals surface area contributed by atoms with Crippen LogP contribution in [-0.2, 0) is 4.74 Å². The molecule has 2 rings (SSSR count). The highest BCUT2D eigenvalue weighted by atomic mass is 16.5. The van der Waals surface area contributed by atoms with Crippen LogP contribution in [-0.4, -0.2) is 30.5 Å². The van der Waals surface area contributed by atoms with E-state index in [0.29, 0.717) is 36.1 Å². The van der Waals surface area contributed by atoms with Gasteiger partial charge in [-0.1, -0.05) is 12.8 Å². The predicted octanol–water partition coefficient (Wildman–Crippen LogP) is 2.16. The molecule has 0 radical (unpaired) electrons. The van der Waals surface area contributed by atoms with E-state index in [2.05, 4.69) is 5.32 Å². The van der Waals surface area contributed by atoms with Gasteiger partial charge in [-0.2, -0.15) is 10.5 Å². The third-order valence-corrected chi connectivity index (χ3v) is 3.63. The van der Waals surface area contributed by atoms with Crippen molar-refractivity contribution < 1.29 is 9.84 Å². The minimum atomic E-state index is -0.591. The minimum Gasteiger partial charge on any atom is -0.389 e. The Hall–Kier alpha value is -2.08. The van der Waals surface area contributed by atoms with Crippen LogP contribution in [0.1, 0.15) is 36.8 Å². The van der Waals surface area contributed by atoms with Crippen LogP contribution in [0.4, 0.5) is 5.69 Å². The number of nitrogens with one attached hydrogen (secondary N) is 1. The SMILES string of the molecule is N#Cc1ccc(NCC(O)COC2CCCC2)cc1C#N. The average Bonchev–Trinajstić information content (AvgIpc) is 3.04. The molecule has 0 heterocycles. The van der Waals surface area contributed by atoms with Gasteiger partial charge >= 0.3 is 0 Å². The standard InChI is InChI=1S/C16H19N3O2/c17-8-12-5-6-14(7-13(12)9-18)19-10-15(20)11-21-16-3-1-2-4-16/h5-7,15-16,19-20H,1-4,10-11H2. The van der Waals surface area contributed by atoms with Crippen LogP contribution in [0.25, 0.3) is 0 Å². The van der Waals surface area contributed by atoms with Crippen molar-refractivity contribution in [2.45, 2.75) is 37.9 Å². The zero-order valence-electron chi connectivity index (χ0n) is 11.9. The van der Waals surface area contributed by atoms with Gasteiger partial charge in [-0.25, -0.2) is 0 Å². The van der Waals surface area contributed by atoms with E-state index in [1.165, 1.54) is 12.8 Å². The van der Waals surface area contributed by atoms with Crippen LogP contribution in [0.5, 0.6) is 0 Å². The largest absolute Gasteiger partial charge is 0.389 e. The molecule has 1 aromatic rings. The van der Waals surface area contributed by atoms with Crippen LogP contribution in [0.15, 0.2) is 18.2 Å². The van der Waals surface area contributed by atoms with Crippen LogP contribution >= 0.6 is 0 Å². The molecular formula is C16H19N3O2. The summed E-state index contributed by atoms with van der Waals surface area (Å²) >= 11 is 0. The number of benzene rings is 1. The summed E-state index contributed by atoms with van der Waals surface area (Å²) in [6.45, 7) is 0.669. The Balaban J connectivity index is 1.79. The molecule has 5 heteroatoms.